The Morgan fingerprint density at radius 3 is 2.59 bits per heavy atom. The first kappa shape index (κ1) is 20.7. The number of aromatic hydroxyl groups is 1. The summed E-state index contributed by atoms with van der Waals surface area (Å²) in [4.78, 5) is 26.9. The highest BCUT2D eigenvalue weighted by Crippen LogP contribution is 2.41. The van der Waals surface area contributed by atoms with Gasteiger partial charge in [-0.25, -0.2) is 0 Å². The number of phenols is 1. The van der Waals surface area contributed by atoms with Gasteiger partial charge in [0.15, 0.2) is 0 Å². The largest absolute Gasteiger partial charge is 0.508 e. The van der Waals surface area contributed by atoms with Gasteiger partial charge in [-0.3, -0.25) is 9.59 Å². The minimum absolute atomic E-state index is 0.000891. The third-order valence-corrected chi connectivity index (χ3v) is 5.02. The molecule has 2 N–H and O–H groups in total. The van der Waals surface area contributed by atoms with Gasteiger partial charge in [0, 0.05) is 12.1 Å². The lowest BCUT2D eigenvalue weighted by atomic mass is 9.95. The molecule has 1 saturated heterocycles. The molecular weight excluding hydrogens is 394 g/mol. The molecule has 7 heteroatoms. The highest BCUT2D eigenvalue weighted by molar-refractivity contribution is 6.47. The van der Waals surface area contributed by atoms with Crippen molar-refractivity contribution in [2.24, 2.45) is 0 Å². The van der Waals surface area contributed by atoms with Crippen LogP contribution < -0.4 is 4.74 Å². The van der Waals surface area contributed by atoms with Crippen molar-refractivity contribution in [3.8, 4) is 11.5 Å². The third kappa shape index (κ3) is 3.93. The van der Waals surface area contributed by atoms with Gasteiger partial charge >= 0.3 is 0 Å². The van der Waals surface area contributed by atoms with Gasteiger partial charge in [-0.2, -0.15) is 0 Å². The molecule has 0 radical (unpaired) electrons. The van der Waals surface area contributed by atoms with Gasteiger partial charge in [0.25, 0.3) is 11.7 Å². The summed E-state index contributed by atoms with van der Waals surface area (Å²) in [5.41, 5.74) is 0.665. The second kappa shape index (κ2) is 8.57. The third-order valence-electron chi connectivity index (χ3n) is 4.69. The quantitative estimate of drug-likeness (QED) is 0.418. The summed E-state index contributed by atoms with van der Waals surface area (Å²) >= 11 is 6.27. The number of likely N-dealkylation sites (tertiary alicyclic amines) is 1. The van der Waals surface area contributed by atoms with Crippen molar-refractivity contribution in [2.75, 3.05) is 13.2 Å². The molecule has 1 aliphatic heterocycles. The first-order valence-corrected chi connectivity index (χ1v) is 9.76. The van der Waals surface area contributed by atoms with Gasteiger partial charge in [0.1, 0.15) is 17.3 Å². The van der Waals surface area contributed by atoms with Crippen LogP contribution in [0, 0.1) is 0 Å². The number of benzene rings is 2. The predicted octanol–water partition coefficient (Wildman–Crippen LogP) is 4.28. The predicted molar refractivity (Wildman–Crippen MR) is 110 cm³/mol. The maximum absolute atomic E-state index is 12.9. The Balaban J connectivity index is 2.22. The van der Waals surface area contributed by atoms with Crippen molar-refractivity contribution in [1.29, 1.82) is 0 Å². The fourth-order valence-corrected chi connectivity index (χ4v) is 3.69. The van der Waals surface area contributed by atoms with Crippen LogP contribution in [0.4, 0.5) is 0 Å². The molecule has 0 aliphatic carbocycles. The van der Waals surface area contributed by atoms with Crippen LogP contribution >= 0.6 is 11.6 Å². The average molecular weight is 416 g/mol. The van der Waals surface area contributed by atoms with Crippen LogP contribution in [0.3, 0.4) is 0 Å². The van der Waals surface area contributed by atoms with E-state index in [0.717, 1.165) is 0 Å². The number of amides is 1. The van der Waals surface area contributed by atoms with E-state index in [1.807, 2.05) is 13.8 Å². The Kier molecular flexibility index (Phi) is 6.13. The lowest BCUT2D eigenvalue weighted by molar-refractivity contribution is -0.139. The number of Topliss-reactive ketones (excluding diaryl/α,β-unsaturated/α-hetero) is 1. The molecule has 3 rings (SSSR count). The molecule has 0 bridgehead atoms. The standard InChI is InChI=1S/C22H22ClNO5/c1-3-10-24-19(13-6-5-7-14(25)11-13)18(21(27)22(24)28)20(26)16-12-15(29-4-2)8-9-17(16)23/h5-9,11-12,19,25-26H,3-4,10H2,1-2H3/b20-18+. The van der Waals surface area contributed by atoms with E-state index in [-0.39, 0.29) is 27.7 Å². The smallest absolute Gasteiger partial charge is 0.295 e. The minimum Gasteiger partial charge on any atom is -0.508 e. The molecule has 1 unspecified atom stereocenters. The van der Waals surface area contributed by atoms with Crippen LogP contribution in [-0.2, 0) is 9.59 Å². The van der Waals surface area contributed by atoms with Crippen molar-refractivity contribution >= 4 is 29.1 Å². The zero-order valence-electron chi connectivity index (χ0n) is 16.2. The van der Waals surface area contributed by atoms with Crippen LogP contribution in [0.5, 0.6) is 11.5 Å². The maximum Gasteiger partial charge on any atom is 0.295 e. The van der Waals surface area contributed by atoms with Gasteiger partial charge in [0.05, 0.1) is 23.2 Å². The Bertz CT molecular complexity index is 985. The van der Waals surface area contributed by atoms with Gasteiger partial charge in [-0.15, -0.1) is 0 Å². The summed E-state index contributed by atoms with van der Waals surface area (Å²) in [6.07, 6.45) is 0.628. The Morgan fingerprint density at radius 1 is 1.17 bits per heavy atom. The van der Waals surface area contributed by atoms with Crippen molar-refractivity contribution in [3.63, 3.8) is 0 Å². The number of aliphatic hydroxyl groups excluding tert-OH is 1. The first-order valence-electron chi connectivity index (χ1n) is 9.39. The van der Waals surface area contributed by atoms with E-state index < -0.39 is 17.7 Å². The molecule has 6 nitrogen and oxygen atoms in total. The van der Waals surface area contributed by atoms with Crippen LogP contribution in [-0.4, -0.2) is 40.0 Å². The lowest BCUT2D eigenvalue weighted by Crippen LogP contribution is -2.30. The Morgan fingerprint density at radius 2 is 1.93 bits per heavy atom. The molecule has 1 atom stereocenters. The Labute approximate surface area is 174 Å². The first-order chi connectivity index (χ1) is 13.9. The number of phenolic OH excluding ortho intramolecular Hbond substituents is 1. The molecule has 1 aliphatic rings. The number of ketones is 1. The number of carbonyl (C=O) groups is 2. The number of carbonyl (C=O) groups excluding carboxylic acids is 2. The molecular formula is C22H22ClNO5. The number of hydrogen-bond donors (Lipinski definition) is 2. The van der Waals surface area contributed by atoms with E-state index in [9.17, 15) is 19.8 Å². The second-order valence-corrected chi connectivity index (χ2v) is 7.07. The summed E-state index contributed by atoms with van der Waals surface area (Å²) in [5, 5.41) is 21.2. The van der Waals surface area contributed by atoms with E-state index in [1.54, 1.807) is 24.3 Å². The summed E-state index contributed by atoms with van der Waals surface area (Å²) in [6.45, 7) is 4.47. The maximum atomic E-state index is 12.9. The molecule has 0 aromatic heterocycles. The number of hydrogen-bond acceptors (Lipinski definition) is 5. The van der Waals surface area contributed by atoms with E-state index >= 15 is 0 Å². The van der Waals surface area contributed by atoms with Crippen LogP contribution in [0.15, 0.2) is 48.0 Å². The van der Waals surface area contributed by atoms with Crippen molar-refractivity contribution in [2.45, 2.75) is 26.3 Å². The minimum atomic E-state index is -0.825. The van der Waals surface area contributed by atoms with E-state index in [1.165, 1.54) is 23.1 Å². The zero-order valence-corrected chi connectivity index (χ0v) is 16.9. The van der Waals surface area contributed by atoms with Crippen molar-refractivity contribution in [1.82, 2.24) is 4.90 Å². The second-order valence-electron chi connectivity index (χ2n) is 6.66. The van der Waals surface area contributed by atoms with Crippen LogP contribution in [0.25, 0.3) is 5.76 Å². The molecule has 2 aromatic rings. The van der Waals surface area contributed by atoms with Crippen molar-refractivity contribution < 1.29 is 24.5 Å². The molecule has 1 amide bonds. The van der Waals surface area contributed by atoms with Crippen LogP contribution in [0.2, 0.25) is 5.02 Å². The van der Waals surface area contributed by atoms with Gasteiger partial charge in [0.2, 0.25) is 0 Å². The highest BCUT2D eigenvalue weighted by atomic mass is 35.5. The fraction of sp³-hybridized carbons (Fsp3) is 0.273. The van der Waals surface area contributed by atoms with Gasteiger partial charge in [-0.05, 0) is 49.2 Å². The molecule has 29 heavy (non-hydrogen) atoms. The van der Waals surface area contributed by atoms with Gasteiger partial charge < -0.3 is 19.8 Å². The molecule has 1 fully saturated rings. The normalized spacial score (nSPS) is 18.3. The van der Waals surface area contributed by atoms with Gasteiger partial charge in [-0.1, -0.05) is 30.7 Å². The SMILES string of the molecule is CCCN1C(=O)C(=O)/C(=C(/O)c2cc(OCC)ccc2Cl)C1c1cccc(O)c1. The van der Waals surface area contributed by atoms with Crippen molar-refractivity contribution in [3.05, 3.63) is 64.2 Å². The lowest BCUT2D eigenvalue weighted by Gasteiger charge is -2.25. The molecule has 0 spiro atoms. The highest BCUT2D eigenvalue weighted by Gasteiger charge is 2.45. The number of aliphatic hydroxyl groups is 1. The van der Waals surface area contributed by atoms with E-state index in [4.69, 9.17) is 16.3 Å². The molecule has 1 heterocycles. The molecule has 0 saturated carbocycles. The summed E-state index contributed by atoms with van der Waals surface area (Å²) in [7, 11) is 0. The monoisotopic (exact) mass is 415 g/mol. The Hall–Kier alpha value is -2.99. The summed E-state index contributed by atoms with van der Waals surface area (Å²) < 4.78 is 5.46. The average Bonchev–Trinajstić information content (AvgIpc) is 2.94. The fourth-order valence-electron chi connectivity index (χ4n) is 3.48. The topological polar surface area (TPSA) is 87.1 Å². The van der Waals surface area contributed by atoms with Crippen LogP contribution in [0.1, 0.15) is 37.4 Å². The van der Waals surface area contributed by atoms with E-state index in [0.29, 0.717) is 30.9 Å². The van der Waals surface area contributed by atoms with E-state index in [2.05, 4.69) is 0 Å². The summed E-state index contributed by atoms with van der Waals surface area (Å²) in [5.74, 6) is -1.38. The molecule has 2 aromatic carbocycles. The molecule has 152 valence electrons. The number of rotatable bonds is 6. The number of halogens is 1. The summed E-state index contributed by atoms with van der Waals surface area (Å²) in [6, 6.07) is 10.2. The zero-order chi connectivity index (χ0) is 21.1. The number of ether oxygens (including phenoxy) is 1. The number of nitrogens with zero attached hydrogens (tertiary/aromatic N) is 1.